The lowest BCUT2D eigenvalue weighted by Gasteiger charge is -2.22. The highest BCUT2D eigenvalue weighted by Crippen LogP contribution is 2.07. The fourth-order valence-electron chi connectivity index (χ4n) is 1.72. The molecule has 1 atom stereocenters. The summed E-state index contributed by atoms with van der Waals surface area (Å²) in [7, 11) is 0. The van der Waals surface area contributed by atoms with Crippen molar-refractivity contribution in [1.82, 2.24) is 10.6 Å². The van der Waals surface area contributed by atoms with Crippen LogP contribution in [0.1, 0.15) is 32.8 Å². The molecule has 1 rings (SSSR count). The van der Waals surface area contributed by atoms with Gasteiger partial charge in [-0.3, -0.25) is 4.79 Å². The van der Waals surface area contributed by atoms with Crippen molar-refractivity contribution in [2.24, 2.45) is 0 Å². The van der Waals surface area contributed by atoms with Gasteiger partial charge in [-0.25, -0.2) is 4.79 Å². The zero-order chi connectivity index (χ0) is 16.6. The Morgan fingerprint density at radius 2 is 1.91 bits per heavy atom. The number of alkyl carbamates (subject to hydrolysis) is 1. The van der Waals surface area contributed by atoms with Crippen LogP contribution in [-0.4, -0.2) is 23.6 Å². The number of hydrogen-bond donors (Lipinski definition) is 2. The first-order valence-corrected chi connectivity index (χ1v) is 7.23. The second-order valence-electron chi connectivity index (χ2n) is 5.95. The van der Waals surface area contributed by atoms with Crippen molar-refractivity contribution in [3.05, 3.63) is 48.6 Å². The van der Waals surface area contributed by atoms with Gasteiger partial charge in [0.2, 0.25) is 5.91 Å². The van der Waals surface area contributed by atoms with E-state index >= 15 is 0 Å². The predicted octanol–water partition coefficient (Wildman–Crippen LogP) is 2.77. The molecule has 120 valence electrons. The van der Waals surface area contributed by atoms with E-state index in [0.717, 1.165) is 5.56 Å². The molecule has 0 aliphatic heterocycles. The van der Waals surface area contributed by atoms with E-state index in [1.165, 1.54) is 6.08 Å². The van der Waals surface area contributed by atoms with Crippen LogP contribution in [0.3, 0.4) is 0 Å². The number of nitrogens with one attached hydrogen (secondary N) is 2. The molecule has 0 spiro atoms. The highest BCUT2D eigenvalue weighted by molar-refractivity contribution is 5.78. The largest absolute Gasteiger partial charge is 0.444 e. The number of benzene rings is 1. The van der Waals surface area contributed by atoms with Crippen LogP contribution in [0.4, 0.5) is 4.79 Å². The molecular weight excluding hydrogens is 280 g/mol. The Balaban J connectivity index is 2.40. The first-order chi connectivity index (χ1) is 10.3. The number of hydrogen-bond acceptors (Lipinski definition) is 3. The molecule has 0 fully saturated rings. The molecule has 0 aliphatic carbocycles. The Labute approximate surface area is 131 Å². The number of rotatable bonds is 6. The van der Waals surface area contributed by atoms with E-state index in [-0.39, 0.29) is 12.3 Å². The summed E-state index contributed by atoms with van der Waals surface area (Å²) in [5, 5.41) is 5.42. The van der Waals surface area contributed by atoms with Crippen LogP contribution in [0.5, 0.6) is 0 Å². The molecule has 5 heteroatoms. The zero-order valence-electron chi connectivity index (χ0n) is 13.4. The summed E-state index contributed by atoms with van der Waals surface area (Å²) in [4.78, 5) is 23.6. The highest BCUT2D eigenvalue weighted by atomic mass is 16.6. The molecule has 1 unspecified atom stereocenters. The maximum atomic E-state index is 11.9. The lowest BCUT2D eigenvalue weighted by atomic mass is 10.2. The molecule has 2 amide bonds. The zero-order valence-corrected chi connectivity index (χ0v) is 13.4. The van der Waals surface area contributed by atoms with Crippen LogP contribution in [0.15, 0.2) is 43.0 Å². The summed E-state index contributed by atoms with van der Waals surface area (Å²) >= 11 is 0. The van der Waals surface area contributed by atoms with E-state index in [4.69, 9.17) is 4.74 Å². The molecule has 0 radical (unpaired) electrons. The van der Waals surface area contributed by atoms with Gasteiger partial charge in [-0.1, -0.05) is 36.4 Å². The Kier molecular flexibility index (Phi) is 6.63. The maximum Gasteiger partial charge on any atom is 0.408 e. The molecule has 22 heavy (non-hydrogen) atoms. The van der Waals surface area contributed by atoms with Crippen molar-refractivity contribution in [3.8, 4) is 0 Å². The number of amides is 2. The monoisotopic (exact) mass is 304 g/mol. The van der Waals surface area contributed by atoms with Crippen molar-refractivity contribution in [2.45, 2.75) is 45.4 Å². The maximum absolute atomic E-state index is 11.9. The van der Waals surface area contributed by atoms with Gasteiger partial charge >= 0.3 is 6.09 Å². The summed E-state index contributed by atoms with van der Waals surface area (Å²) in [5.74, 6) is -0.162. The molecule has 0 saturated heterocycles. The number of ether oxygens (including phenoxy) is 1. The molecule has 0 aliphatic rings. The fourth-order valence-corrected chi connectivity index (χ4v) is 1.72. The van der Waals surface area contributed by atoms with Gasteiger partial charge in [-0.05, 0) is 26.3 Å². The van der Waals surface area contributed by atoms with E-state index in [0.29, 0.717) is 6.54 Å². The summed E-state index contributed by atoms with van der Waals surface area (Å²) in [6.07, 6.45) is 1.08. The molecule has 0 aromatic heterocycles. The molecule has 0 saturated carbocycles. The van der Waals surface area contributed by atoms with Crippen LogP contribution in [-0.2, 0) is 16.1 Å². The standard InChI is InChI=1S/C17H24N2O3/c1-5-14(19-16(21)22-17(2,3)4)11-15(20)18-12-13-9-7-6-8-10-13/h5-10,14H,1,11-12H2,2-4H3,(H,18,20)(H,19,21). The first kappa shape index (κ1) is 17.8. The first-order valence-electron chi connectivity index (χ1n) is 7.23. The Hall–Kier alpha value is -2.30. The van der Waals surface area contributed by atoms with Crippen LogP contribution >= 0.6 is 0 Å². The smallest absolute Gasteiger partial charge is 0.408 e. The van der Waals surface area contributed by atoms with Gasteiger partial charge in [-0.15, -0.1) is 6.58 Å². The summed E-state index contributed by atoms with van der Waals surface area (Å²) in [5.41, 5.74) is 0.442. The van der Waals surface area contributed by atoms with Crippen LogP contribution in [0.2, 0.25) is 0 Å². The van der Waals surface area contributed by atoms with E-state index in [9.17, 15) is 9.59 Å². The average Bonchev–Trinajstić information content (AvgIpc) is 2.43. The SMILES string of the molecule is C=CC(CC(=O)NCc1ccccc1)NC(=O)OC(C)(C)C. The van der Waals surface area contributed by atoms with Gasteiger partial charge in [0, 0.05) is 6.54 Å². The van der Waals surface area contributed by atoms with Crippen LogP contribution in [0.25, 0.3) is 0 Å². The highest BCUT2D eigenvalue weighted by Gasteiger charge is 2.19. The minimum atomic E-state index is -0.578. The van der Waals surface area contributed by atoms with Crippen LogP contribution in [0, 0.1) is 0 Å². The molecule has 1 aromatic carbocycles. The summed E-state index contributed by atoms with van der Waals surface area (Å²) in [6.45, 7) is 9.43. The lowest BCUT2D eigenvalue weighted by Crippen LogP contribution is -2.40. The molecular formula is C17H24N2O3. The summed E-state index contributed by atoms with van der Waals surface area (Å²) < 4.78 is 5.15. The Morgan fingerprint density at radius 1 is 1.27 bits per heavy atom. The molecule has 1 aromatic rings. The van der Waals surface area contributed by atoms with E-state index in [1.54, 1.807) is 20.8 Å². The molecule has 5 nitrogen and oxygen atoms in total. The van der Waals surface area contributed by atoms with E-state index < -0.39 is 17.7 Å². The second-order valence-corrected chi connectivity index (χ2v) is 5.95. The molecule has 2 N–H and O–H groups in total. The van der Waals surface area contributed by atoms with Crippen molar-refractivity contribution in [2.75, 3.05) is 0 Å². The number of carbonyl (C=O) groups is 2. The quantitative estimate of drug-likeness (QED) is 0.794. The van der Waals surface area contributed by atoms with Gasteiger partial charge in [0.05, 0.1) is 12.5 Å². The topological polar surface area (TPSA) is 67.4 Å². The van der Waals surface area contributed by atoms with E-state index in [2.05, 4.69) is 17.2 Å². The third kappa shape index (κ3) is 7.47. The summed E-state index contributed by atoms with van der Waals surface area (Å²) in [6, 6.07) is 9.15. The third-order valence-electron chi connectivity index (χ3n) is 2.72. The normalized spacial score (nSPS) is 12.1. The van der Waals surface area contributed by atoms with Crippen molar-refractivity contribution < 1.29 is 14.3 Å². The molecule has 0 bridgehead atoms. The lowest BCUT2D eigenvalue weighted by molar-refractivity contribution is -0.121. The van der Waals surface area contributed by atoms with Gasteiger partial charge < -0.3 is 15.4 Å². The fraction of sp³-hybridized carbons (Fsp3) is 0.412. The van der Waals surface area contributed by atoms with Crippen molar-refractivity contribution in [1.29, 1.82) is 0 Å². The Bertz CT molecular complexity index is 506. The third-order valence-corrected chi connectivity index (χ3v) is 2.72. The Morgan fingerprint density at radius 3 is 2.45 bits per heavy atom. The van der Waals surface area contributed by atoms with Gasteiger partial charge in [0.25, 0.3) is 0 Å². The number of carbonyl (C=O) groups excluding carboxylic acids is 2. The predicted molar refractivity (Wildman–Crippen MR) is 86.3 cm³/mol. The van der Waals surface area contributed by atoms with Crippen molar-refractivity contribution >= 4 is 12.0 Å². The minimum absolute atomic E-state index is 0.121. The average molecular weight is 304 g/mol. The van der Waals surface area contributed by atoms with Crippen LogP contribution < -0.4 is 10.6 Å². The van der Waals surface area contributed by atoms with Gasteiger partial charge in [0.1, 0.15) is 5.60 Å². The van der Waals surface area contributed by atoms with E-state index in [1.807, 2.05) is 30.3 Å². The molecule has 0 heterocycles. The van der Waals surface area contributed by atoms with Crippen molar-refractivity contribution in [3.63, 3.8) is 0 Å². The minimum Gasteiger partial charge on any atom is -0.444 e. The van der Waals surface area contributed by atoms with Gasteiger partial charge in [0.15, 0.2) is 0 Å². The second kappa shape index (κ2) is 8.22. The van der Waals surface area contributed by atoms with Gasteiger partial charge in [-0.2, -0.15) is 0 Å².